The summed E-state index contributed by atoms with van der Waals surface area (Å²) in [5, 5.41) is 9.87. The van der Waals surface area contributed by atoms with Crippen LogP contribution in [0.5, 0.6) is 0 Å². The second kappa shape index (κ2) is 9.91. The number of carboxylic acids is 1. The van der Waals surface area contributed by atoms with Crippen molar-refractivity contribution in [3.8, 4) is 11.1 Å². The van der Waals surface area contributed by atoms with Crippen LogP contribution in [0.4, 0.5) is 4.79 Å². The molecule has 1 aliphatic heterocycles. The van der Waals surface area contributed by atoms with Gasteiger partial charge in [-0.05, 0) is 43.0 Å². The minimum absolute atomic E-state index is 0.00842. The number of carboxylic acid groups (broad SMARTS) is 1. The van der Waals surface area contributed by atoms with Gasteiger partial charge in [0.25, 0.3) is 0 Å². The van der Waals surface area contributed by atoms with Crippen LogP contribution in [-0.4, -0.2) is 83.4 Å². The molecule has 0 saturated carbocycles. The van der Waals surface area contributed by atoms with Crippen molar-refractivity contribution in [3.05, 3.63) is 59.7 Å². The van der Waals surface area contributed by atoms with Gasteiger partial charge in [0, 0.05) is 38.6 Å². The number of carbonyl (C=O) groups excluding carboxylic acids is 2. The molecule has 0 bridgehead atoms. The maximum Gasteiger partial charge on any atom is 0.410 e. The molecular formula is C27H33N3O6. The molecule has 1 amide bonds. The van der Waals surface area contributed by atoms with Gasteiger partial charge in [-0.25, -0.2) is 14.4 Å². The van der Waals surface area contributed by atoms with E-state index in [0.29, 0.717) is 26.2 Å². The molecule has 2 aromatic rings. The molecular weight excluding hydrogens is 462 g/mol. The number of carbonyl (C=O) groups is 3. The van der Waals surface area contributed by atoms with Crippen LogP contribution in [0.25, 0.3) is 11.1 Å². The molecule has 0 unspecified atom stereocenters. The lowest BCUT2D eigenvalue weighted by molar-refractivity contribution is -0.162. The first-order valence-corrected chi connectivity index (χ1v) is 12.1. The second-order valence-corrected chi connectivity index (χ2v) is 10.3. The van der Waals surface area contributed by atoms with E-state index in [1.807, 2.05) is 48.5 Å². The average molecular weight is 496 g/mol. The summed E-state index contributed by atoms with van der Waals surface area (Å²) in [6, 6.07) is 15.8. The largest absolute Gasteiger partial charge is 0.479 e. The van der Waals surface area contributed by atoms with Crippen LogP contribution in [0, 0.1) is 0 Å². The third-order valence-corrected chi connectivity index (χ3v) is 6.59. The number of fused-ring (bicyclic) bond motifs is 3. The van der Waals surface area contributed by atoms with Gasteiger partial charge in [-0.2, -0.15) is 0 Å². The fourth-order valence-corrected chi connectivity index (χ4v) is 4.71. The van der Waals surface area contributed by atoms with Crippen LogP contribution in [0.3, 0.4) is 0 Å². The van der Waals surface area contributed by atoms with Crippen molar-refractivity contribution in [2.45, 2.75) is 37.8 Å². The highest BCUT2D eigenvalue weighted by Gasteiger charge is 2.46. The van der Waals surface area contributed by atoms with E-state index < -0.39 is 29.2 Å². The van der Waals surface area contributed by atoms with Gasteiger partial charge < -0.3 is 25.2 Å². The van der Waals surface area contributed by atoms with Crippen LogP contribution in [-0.2, 0) is 19.1 Å². The summed E-state index contributed by atoms with van der Waals surface area (Å²) in [6.07, 6.45) is -0.420. The second-order valence-electron chi connectivity index (χ2n) is 10.3. The SMILES string of the molecule is CC(C)(C)OC(=O)N1CCN(C[C@](N)(C(=O)O)C(=O)OCC2c3ccccc3-c3ccccc32)CC1. The summed E-state index contributed by atoms with van der Waals surface area (Å²) in [5.74, 6) is -2.63. The number of benzene rings is 2. The van der Waals surface area contributed by atoms with E-state index in [0.717, 1.165) is 22.3 Å². The Labute approximate surface area is 210 Å². The maximum atomic E-state index is 13.1. The topological polar surface area (TPSA) is 122 Å². The smallest absolute Gasteiger partial charge is 0.410 e. The molecule has 1 atom stereocenters. The molecule has 2 aromatic carbocycles. The fraction of sp³-hybridized carbons (Fsp3) is 0.444. The van der Waals surface area contributed by atoms with Gasteiger partial charge in [0.15, 0.2) is 0 Å². The van der Waals surface area contributed by atoms with Crippen LogP contribution in [0.1, 0.15) is 37.8 Å². The van der Waals surface area contributed by atoms with Crippen LogP contribution in [0.15, 0.2) is 48.5 Å². The average Bonchev–Trinajstić information content (AvgIpc) is 3.15. The first-order valence-electron chi connectivity index (χ1n) is 12.1. The molecule has 9 heteroatoms. The summed E-state index contributed by atoms with van der Waals surface area (Å²) in [7, 11) is 0. The number of hydrogen-bond acceptors (Lipinski definition) is 7. The van der Waals surface area contributed by atoms with E-state index >= 15 is 0 Å². The quantitative estimate of drug-likeness (QED) is 0.463. The Morgan fingerprint density at radius 3 is 1.97 bits per heavy atom. The highest BCUT2D eigenvalue weighted by atomic mass is 16.6. The Bertz CT molecular complexity index is 1110. The Hall–Kier alpha value is -3.43. The highest BCUT2D eigenvalue weighted by molar-refractivity contribution is 6.04. The molecule has 4 rings (SSSR count). The van der Waals surface area contributed by atoms with E-state index in [4.69, 9.17) is 15.2 Å². The predicted molar refractivity (Wildman–Crippen MR) is 133 cm³/mol. The summed E-state index contributed by atoms with van der Waals surface area (Å²) in [4.78, 5) is 40.8. The van der Waals surface area contributed by atoms with Crippen molar-refractivity contribution in [3.63, 3.8) is 0 Å². The Morgan fingerprint density at radius 1 is 0.944 bits per heavy atom. The van der Waals surface area contributed by atoms with E-state index in [2.05, 4.69) is 0 Å². The number of nitrogens with two attached hydrogens (primary N) is 1. The minimum Gasteiger partial charge on any atom is -0.479 e. The van der Waals surface area contributed by atoms with E-state index in [1.165, 1.54) is 0 Å². The van der Waals surface area contributed by atoms with Gasteiger partial charge in [0.2, 0.25) is 5.54 Å². The molecule has 0 spiro atoms. The first kappa shape index (κ1) is 25.7. The molecule has 0 aromatic heterocycles. The Morgan fingerprint density at radius 2 is 1.47 bits per heavy atom. The lowest BCUT2D eigenvalue weighted by atomic mass is 9.97. The lowest BCUT2D eigenvalue weighted by Crippen LogP contribution is -2.64. The van der Waals surface area contributed by atoms with Gasteiger partial charge in [-0.3, -0.25) is 4.90 Å². The van der Waals surface area contributed by atoms with E-state index in [9.17, 15) is 19.5 Å². The zero-order valence-corrected chi connectivity index (χ0v) is 20.9. The number of amides is 1. The number of hydrogen-bond donors (Lipinski definition) is 2. The van der Waals surface area contributed by atoms with Crippen molar-refractivity contribution in [2.75, 3.05) is 39.3 Å². The molecule has 192 valence electrons. The molecule has 1 saturated heterocycles. The molecule has 1 aliphatic carbocycles. The standard InChI is InChI=1S/C27H33N3O6/c1-26(2,3)36-25(34)30-14-12-29(13-15-30)17-27(28,23(31)32)24(33)35-16-22-20-10-6-4-8-18(20)19-9-5-7-11-21(19)22/h4-11,22H,12-17,28H2,1-3H3,(H,31,32)/t27-/m0/s1. The van der Waals surface area contributed by atoms with Crippen LogP contribution in [0.2, 0.25) is 0 Å². The molecule has 36 heavy (non-hydrogen) atoms. The van der Waals surface area contributed by atoms with Crippen molar-refractivity contribution in [1.82, 2.24) is 9.80 Å². The molecule has 2 aliphatic rings. The zero-order valence-electron chi connectivity index (χ0n) is 20.9. The highest BCUT2D eigenvalue weighted by Crippen LogP contribution is 2.44. The van der Waals surface area contributed by atoms with E-state index in [1.54, 1.807) is 30.6 Å². The van der Waals surface area contributed by atoms with Gasteiger partial charge in [0.1, 0.15) is 12.2 Å². The normalized spacial score (nSPS) is 17.6. The fourth-order valence-electron chi connectivity index (χ4n) is 4.71. The van der Waals surface area contributed by atoms with Crippen molar-refractivity contribution in [2.24, 2.45) is 5.73 Å². The summed E-state index contributed by atoms with van der Waals surface area (Å²) >= 11 is 0. The van der Waals surface area contributed by atoms with Crippen molar-refractivity contribution >= 4 is 18.0 Å². The summed E-state index contributed by atoms with van der Waals surface area (Å²) in [6.45, 7) is 6.57. The number of aliphatic carboxylic acids is 1. The first-order chi connectivity index (χ1) is 17.0. The minimum atomic E-state index is -2.23. The van der Waals surface area contributed by atoms with Crippen molar-refractivity contribution in [1.29, 1.82) is 0 Å². The van der Waals surface area contributed by atoms with Gasteiger partial charge in [-0.1, -0.05) is 48.5 Å². The zero-order chi connectivity index (χ0) is 26.1. The predicted octanol–water partition coefficient (Wildman–Crippen LogP) is 2.68. The molecule has 3 N–H and O–H groups in total. The summed E-state index contributed by atoms with van der Waals surface area (Å²) < 4.78 is 11.0. The van der Waals surface area contributed by atoms with Gasteiger partial charge >= 0.3 is 18.0 Å². The number of rotatable bonds is 6. The number of nitrogens with zero attached hydrogens (tertiary/aromatic N) is 2. The van der Waals surface area contributed by atoms with Gasteiger partial charge in [0.05, 0.1) is 0 Å². The number of esters is 1. The Balaban J connectivity index is 1.40. The summed E-state index contributed by atoms with van der Waals surface area (Å²) in [5.41, 5.74) is 7.53. The lowest BCUT2D eigenvalue weighted by Gasteiger charge is -2.38. The number of ether oxygens (including phenoxy) is 2. The molecule has 1 heterocycles. The molecule has 1 fully saturated rings. The monoisotopic (exact) mass is 495 g/mol. The maximum absolute atomic E-state index is 13.1. The molecule has 9 nitrogen and oxygen atoms in total. The van der Waals surface area contributed by atoms with E-state index in [-0.39, 0.29) is 19.1 Å². The van der Waals surface area contributed by atoms with Crippen LogP contribution >= 0.6 is 0 Å². The number of piperazine rings is 1. The molecule has 0 radical (unpaired) electrons. The van der Waals surface area contributed by atoms with Gasteiger partial charge in [-0.15, -0.1) is 0 Å². The third kappa shape index (κ3) is 5.22. The van der Waals surface area contributed by atoms with Crippen molar-refractivity contribution < 1.29 is 29.0 Å². The van der Waals surface area contributed by atoms with Crippen LogP contribution < -0.4 is 5.73 Å². The third-order valence-electron chi connectivity index (χ3n) is 6.59. The Kier molecular flexibility index (Phi) is 7.06.